The Labute approximate surface area is 159 Å². The van der Waals surface area contributed by atoms with Crippen LogP contribution < -0.4 is 10.2 Å². The Morgan fingerprint density at radius 1 is 1.19 bits per heavy atom. The Morgan fingerprint density at radius 2 is 2.00 bits per heavy atom. The number of nitrogens with zero attached hydrogens (tertiary/aromatic N) is 4. The monoisotopic (exact) mass is 363 g/mol. The second-order valence-electron chi connectivity index (χ2n) is 7.23. The lowest BCUT2D eigenvalue weighted by Crippen LogP contribution is -2.33. The summed E-state index contributed by atoms with van der Waals surface area (Å²) in [6.45, 7) is 0.822. The van der Waals surface area contributed by atoms with Gasteiger partial charge in [0, 0.05) is 44.1 Å². The van der Waals surface area contributed by atoms with Gasteiger partial charge in [0.05, 0.1) is 5.69 Å². The van der Waals surface area contributed by atoms with Crippen molar-refractivity contribution >= 4 is 5.69 Å². The lowest BCUT2D eigenvalue weighted by atomic mass is 9.93. The molecule has 4 rings (SSSR count). The van der Waals surface area contributed by atoms with E-state index in [1.54, 1.807) is 10.9 Å². The molecule has 2 aromatic heterocycles. The molecule has 6 heteroatoms. The van der Waals surface area contributed by atoms with Gasteiger partial charge in [-0.05, 0) is 49.1 Å². The van der Waals surface area contributed by atoms with Crippen molar-refractivity contribution in [3.05, 3.63) is 65.5 Å². The largest absolute Gasteiger partial charge is 0.493 e. The number of anilines is 1. The first kappa shape index (κ1) is 17.5. The minimum absolute atomic E-state index is 0.213. The number of benzene rings is 1. The van der Waals surface area contributed by atoms with Crippen molar-refractivity contribution < 1.29 is 5.11 Å². The zero-order valence-corrected chi connectivity index (χ0v) is 15.8. The summed E-state index contributed by atoms with van der Waals surface area (Å²) in [5.74, 6) is 0.862. The molecule has 1 aromatic carbocycles. The Kier molecular flexibility index (Phi) is 4.81. The summed E-state index contributed by atoms with van der Waals surface area (Å²) in [5, 5.41) is 18.8. The minimum atomic E-state index is 0.213. The third kappa shape index (κ3) is 3.66. The number of rotatable bonds is 5. The van der Waals surface area contributed by atoms with Crippen molar-refractivity contribution in [3.8, 4) is 11.7 Å². The van der Waals surface area contributed by atoms with E-state index in [9.17, 15) is 5.11 Å². The molecule has 0 fully saturated rings. The zero-order chi connectivity index (χ0) is 18.8. The van der Waals surface area contributed by atoms with Crippen LogP contribution in [0.3, 0.4) is 0 Å². The molecule has 1 aliphatic carbocycles. The first-order valence-electron chi connectivity index (χ1n) is 9.32. The van der Waals surface area contributed by atoms with E-state index in [-0.39, 0.29) is 5.88 Å². The summed E-state index contributed by atoms with van der Waals surface area (Å²) in [6, 6.07) is 14.5. The number of hydrogen-bond donors (Lipinski definition) is 2. The molecule has 2 heterocycles. The van der Waals surface area contributed by atoms with Crippen LogP contribution in [0.5, 0.6) is 5.88 Å². The van der Waals surface area contributed by atoms with Gasteiger partial charge >= 0.3 is 0 Å². The summed E-state index contributed by atoms with van der Waals surface area (Å²) in [4.78, 5) is 6.39. The van der Waals surface area contributed by atoms with Gasteiger partial charge in [-0.2, -0.15) is 9.78 Å². The lowest BCUT2D eigenvalue weighted by Gasteiger charge is -2.23. The summed E-state index contributed by atoms with van der Waals surface area (Å²) >= 11 is 0. The summed E-state index contributed by atoms with van der Waals surface area (Å²) < 4.78 is 1.55. The average Bonchev–Trinajstić information content (AvgIpc) is 3.03. The van der Waals surface area contributed by atoms with E-state index in [0.717, 1.165) is 37.1 Å². The topological polar surface area (TPSA) is 66.2 Å². The van der Waals surface area contributed by atoms with Crippen LogP contribution >= 0.6 is 0 Å². The molecule has 6 nitrogen and oxygen atoms in total. The summed E-state index contributed by atoms with van der Waals surface area (Å²) in [7, 11) is 4.09. The number of aryl methyl sites for hydroxylation is 1. The second kappa shape index (κ2) is 7.40. The molecule has 1 aliphatic rings. The van der Waals surface area contributed by atoms with Gasteiger partial charge in [0.2, 0.25) is 5.88 Å². The van der Waals surface area contributed by atoms with Gasteiger partial charge in [-0.25, -0.2) is 4.98 Å². The van der Waals surface area contributed by atoms with E-state index in [4.69, 9.17) is 0 Å². The van der Waals surface area contributed by atoms with Crippen LogP contribution in [-0.2, 0) is 19.4 Å². The van der Waals surface area contributed by atoms with E-state index in [0.29, 0.717) is 11.9 Å². The third-order valence-corrected chi connectivity index (χ3v) is 5.13. The molecule has 0 saturated carbocycles. The Balaban J connectivity index is 1.43. The quantitative estimate of drug-likeness (QED) is 0.730. The van der Waals surface area contributed by atoms with Crippen LogP contribution in [0.4, 0.5) is 5.69 Å². The van der Waals surface area contributed by atoms with E-state index in [2.05, 4.69) is 44.6 Å². The van der Waals surface area contributed by atoms with E-state index in [1.807, 2.05) is 32.3 Å². The van der Waals surface area contributed by atoms with Crippen LogP contribution in [0.1, 0.15) is 23.2 Å². The maximum atomic E-state index is 10.6. The average molecular weight is 363 g/mol. The highest BCUT2D eigenvalue weighted by Gasteiger charge is 2.26. The highest BCUT2D eigenvalue weighted by Crippen LogP contribution is 2.30. The normalized spacial score (nSPS) is 16.1. The summed E-state index contributed by atoms with van der Waals surface area (Å²) in [6.07, 6.45) is 4.37. The van der Waals surface area contributed by atoms with Gasteiger partial charge in [0.15, 0.2) is 5.82 Å². The van der Waals surface area contributed by atoms with Gasteiger partial charge in [-0.1, -0.05) is 18.2 Å². The fourth-order valence-corrected chi connectivity index (χ4v) is 3.54. The van der Waals surface area contributed by atoms with Crippen molar-refractivity contribution in [2.24, 2.45) is 0 Å². The van der Waals surface area contributed by atoms with E-state index < -0.39 is 0 Å². The molecule has 0 amide bonds. The number of fused-ring (bicyclic) bond motifs is 1. The Hall–Kier alpha value is -2.86. The fraction of sp³-hybridized carbons (Fsp3) is 0.333. The Bertz CT molecular complexity index is 902. The van der Waals surface area contributed by atoms with Gasteiger partial charge in [0.1, 0.15) is 0 Å². The van der Waals surface area contributed by atoms with Crippen LogP contribution in [0.25, 0.3) is 5.82 Å². The number of hydrogen-bond acceptors (Lipinski definition) is 5. The van der Waals surface area contributed by atoms with Crippen LogP contribution in [0.2, 0.25) is 0 Å². The predicted octanol–water partition coefficient (Wildman–Crippen LogP) is 2.69. The molecule has 0 bridgehead atoms. The van der Waals surface area contributed by atoms with E-state index in [1.165, 1.54) is 11.3 Å². The molecule has 0 aliphatic heterocycles. The minimum Gasteiger partial charge on any atom is -0.493 e. The maximum Gasteiger partial charge on any atom is 0.219 e. The first-order chi connectivity index (χ1) is 13.1. The smallest absolute Gasteiger partial charge is 0.219 e. The molecule has 0 saturated heterocycles. The molecule has 140 valence electrons. The van der Waals surface area contributed by atoms with Crippen LogP contribution in [0, 0.1) is 0 Å². The highest BCUT2D eigenvalue weighted by atomic mass is 16.3. The van der Waals surface area contributed by atoms with Crippen molar-refractivity contribution in [1.82, 2.24) is 20.1 Å². The fourth-order valence-electron chi connectivity index (χ4n) is 3.54. The zero-order valence-electron chi connectivity index (χ0n) is 15.8. The SMILES string of the molecule is CN(C)c1ccc(CNC2CCc3nn(-c4ccccn4)c(O)c3C2)cc1. The molecule has 1 unspecified atom stereocenters. The number of pyridine rings is 1. The predicted molar refractivity (Wildman–Crippen MR) is 106 cm³/mol. The van der Waals surface area contributed by atoms with Gasteiger partial charge in [-0.3, -0.25) is 0 Å². The molecule has 0 radical (unpaired) electrons. The van der Waals surface area contributed by atoms with Crippen molar-refractivity contribution in [2.75, 3.05) is 19.0 Å². The molecule has 1 atom stereocenters. The summed E-state index contributed by atoms with van der Waals surface area (Å²) in [5.41, 5.74) is 4.38. The third-order valence-electron chi connectivity index (χ3n) is 5.13. The number of aromatic nitrogens is 3. The maximum absolute atomic E-state index is 10.6. The lowest BCUT2D eigenvalue weighted by molar-refractivity contribution is 0.412. The highest BCUT2D eigenvalue weighted by molar-refractivity contribution is 5.46. The molecular formula is C21H25N5O. The molecule has 3 aromatic rings. The molecular weight excluding hydrogens is 338 g/mol. The van der Waals surface area contributed by atoms with Crippen LogP contribution in [-0.4, -0.2) is 40.0 Å². The molecule has 27 heavy (non-hydrogen) atoms. The van der Waals surface area contributed by atoms with E-state index >= 15 is 0 Å². The second-order valence-corrected chi connectivity index (χ2v) is 7.23. The van der Waals surface area contributed by atoms with Gasteiger partial charge in [0.25, 0.3) is 0 Å². The van der Waals surface area contributed by atoms with Crippen LogP contribution in [0.15, 0.2) is 48.7 Å². The van der Waals surface area contributed by atoms with Crippen molar-refractivity contribution in [3.63, 3.8) is 0 Å². The number of aromatic hydroxyl groups is 1. The van der Waals surface area contributed by atoms with Crippen molar-refractivity contribution in [2.45, 2.75) is 31.8 Å². The first-order valence-corrected chi connectivity index (χ1v) is 9.32. The standard InChI is InChI=1S/C21H25N5O/c1-25(2)17-9-6-15(7-10-17)14-23-16-8-11-19-18(13-16)21(27)26(24-19)20-5-3-4-12-22-20/h3-7,9-10,12,16,23,27H,8,11,13-14H2,1-2H3. The Morgan fingerprint density at radius 3 is 2.70 bits per heavy atom. The number of nitrogens with one attached hydrogen (secondary N) is 1. The van der Waals surface area contributed by atoms with Gasteiger partial charge < -0.3 is 15.3 Å². The molecule has 0 spiro atoms. The molecule has 2 N–H and O–H groups in total. The van der Waals surface area contributed by atoms with Crippen molar-refractivity contribution in [1.29, 1.82) is 0 Å². The van der Waals surface area contributed by atoms with Gasteiger partial charge in [-0.15, -0.1) is 0 Å².